The SMILES string of the molecule is CNCCN=C(N)N1C=C[C@H](CNCCO)[C@@]2(C1)[C@@H]1CC[C@H]3CCCC[C@H](OC)[C@]4(O)C[C@@]32C(=C4C(=O)O)C1. The second kappa shape index (κ2) is 11.1. The van der Waals surface area contributed by atoms with Crippen molar-refractivity contribution in [3.63, 3.8) is 0 Å². The van der Waals surface area contributed by atoms with Gasteiger partial charge in [-0.2, -0.15) is 0 Å². The Morgan fingerprint density at radius 1 is 1.23 bits per heavy atom. The van der Waals surface area contributed by atoms with E-state index in [-0.39, 0.29) is 35.3 Å². The normalized spacial score (nSPS) is 39.7. The molecule has 0 amide bonds. The van der Waals surface area contributed by atoms with Gasteiger partial charge in [0.25, 0.3) is 0 Å². The average Bonchev–Trinajstić information content (AvgIpc) is 3.27. The molecule has 2 spiro atoms. The van der Waals surface area contributed by atoms with Gasteiger partial charge in [-0.05, 0) is 68.9 Å². The summed E-state index contributed by atoms with van der Waals surface area (Å²) in [6.45, 7) is 3.16. The summed E-state index contributed by atoms with van der Waals surface area (Å²) in [4.78, 5) is 19.7. The van der Waals surface area contributed by atoms with Crippen molar-refractivity contribution in [3.05, 3.63) is 23.4 Å². The number of guanidine groups is 1. The smallest absolute Gasteiger partial charge is 0.334 e. The highest BCUT2D eigenvalue weighted by atomic mass is 16.5. The van der Waals surface area contributed by atoms with E-state index in [1.807, 2.05) is 13.2 Å². The van der Waals surface area contributed by atoms with Crippen LogP contribution in [-0.4, -0.2) is 97.3 Å². The monoisotopic (exact) mass is 545 g/mol. The van der Waals surface area contributed by atoms with Crippen molar-refractivity contribution in [2.45, 2.75) is 63.1 Å². The van der Waals surface area contributed by atoms with Gasteiger partial charge in [0.1, 0.15) is 5.60 Å². The number of ether oxygens (including phenoxy) is 1. The number of aliphatic hydroxyl groups is 2. The Labute approximate surface area is 231 Å². The summed E-state index contributed by atoms with van der Waals surface area (Å²) in [6.07, 6.45) is 10.5. The number of fused-ring (bicyclic) bond motifs is 1. The molecule has 7 N–H and O–H groups in total. The first-order chi connectivity index (χ1) is 18.8. The van der Waals surface area contributed by atoms with Crippen LogP contribution in [0.2, 0.25) is 0 Å². The lowest BCUT2D eigenvalue weighted by atomic mass is 9.45. The van der Waals surface area contributed by atoms with E-state index in [1.54, 1.807) is 7.11 Å². The van der Waals surface area contributed by atoms with Crippen LogP contribution in [0.4, 0.5) is 0 Å². The van der Waals surface area contributed by atoms with Gasteiger partial charge in [-0.15, -0.1) is 0 Å². The van der Waals surface area contributed by atoms with Crippen LogP contribution < -0.4 is 16.4 Å². The Balaban J connectivity index is 1.69. The lowest BCUT2D eigenvalue weighted by molar-refractivity contribution is -0.148. The first kappa shape index (κ1) is 28.5. The molecule has 1 heterocycles. The summed E-state index contributed by atoms with van der Waals surface area (Å²) in [7, 11) is 3.49. The van der Waals surface area contributed by atoms with Crippen LogP contribution in [0.1, 0.15) is 51.4 Å². The van der Waals surface area contributed by atoms with Crippen molar-refractivity contribution in [3.8, 4) is 0 Å². The topological polar surface area (TPSA) is 153 Å². The fraction of sp³-hybridized carbons (Fsp3) is 0.793. The zero-order chi connectivity index (χ0) is 27.8. The Kier molecular flexibility index (Phi) is 8.14. The molecule has 0 saturated heterocycles. The van der Waals surface area contributed by atoms with E-state index in [4.69, 9.17) is 10.5 Å². The van der Waals surface area contributed by atoms with Crippen LogP contribution >= 0.6 is 0 Å². The van der Waals surface area contributed by atoms with E-state index >= 15 is 0 Å². The van der Waals surface area contributed by atoms with E-state index in [9.17, 15) is 20.1 Å². The zero-order valence-corrected chi connectivity index (χ0v) is 23.5. The molecule has 10 nitrogen and oxygen atoms in total. The Morgan fingerprint density at radius 3 is 2.72 bits per heavy atom. The number of hydrogen-bond acceptors (Lipinski definition) is 7. The summed E-state index contributed by atoms with van der Waals surface area (Å²) in [6, 6.07) is 0. The summed E-state index contributed by atoms with van der Waals surface area (Å²) in [5, 5.41) is 39.1. The van der Waals surface area contributed by atoms with Crippen molar-refractivity contribution in [2.75, 3.05) is 53.5 Å². The number of likely N-dealkylation sites (N-methyl/N-ethyl adjacent to an activating group) is 1. The predicted octanol–water partition coefficient (Wildman–Crippen LogP) is 1.06. The molecule has 7 atom stereocenters. The van der Waals surface area contributed by atoms with Crippen molar-refractivity contribution in [2.24, 2.45) is 39.3 Å². The molecule has 3 fully saturated rings. The molecule has 5 aliphatic rings. The van der Waals surface area contributed by atoms with Crippen LogP contribution in [0, 0.1) is 28.6 Å². The molecule has 10 heteroatoms. The average molecular weight is 546 g/mol. The maximum absolute atomic E-state index is 13.0. The number of rotatable bonds is 9. The number of aliphatic hydroxyl groups excluding tert-OH is 1. The van der Waals surface area contributed by atoms with Crippen LogP contribution in [0.3, 0.4) is 0 Å². The lowest BCUT2D eigenvalue weighted by Gasteiger charge is -2.61. The molecule has 0 radical (unpaired) electrons. The number of hydrogen-bond donors (Lipinski definition) is 6. The molecule has 0 aromatic heterocycles. The molecular formula is C29H47N5O5. The number of allylic oxidation sites excluding steroid dienone is 1. The number of aliphatic carboxylic acids is 1. The fourth-order valence-corrected chi connectivity index (χ4v) is 9.51. The summed E-state index contributed by atoms with van der Waals surface area (Å²) < 4.78 is 5.88. The minimum absolute atomic E-state index is 0.0570. The van der Waals surface area contributed by atoms with Crippen LogP contribution in [0.5, 0.6) is 0 Å². The molecule has 0 unspecified atom stereocenters. The van der Waals surface area contributed by atoms with Gasteiger partial charge in [-0.1, -0.05) is 18.9 Å². The van der Waals surface area contributed by atoms with Crippen molar-refractivity contribution >= 4 is 11.9 Å². The summed E-state index contributed by atoms with van der Waals surface area (Å²) >= 11 is 0. The highest BCUT2D eigenvalue weighted by Crippen LogP contribution is 2.78. The predicted molar refractivity (Wildman–Crippen MR) is 149 cm³/mol. The van der Waals surface area contributed by atoms with Gasteiger partial charge in [-0.25, -0.2) is 4.79 Å². The van der Waals surface area contributed by atoms with Gasteiger partial charge in [-0.3, -0.25) is 4.99 Å². The Morgan fingerprint density at radius 2 is 2.00 bits per heavy atom. The number of carbonyl (C=O) groups is 1. The molecule has 1 aliphatic heterocycles. The van der Waals surface area contributed by atoms with Gasteiger partial charge >= 0.3 is 5.97 Å². The van der Waals surface area contributed by atoms with E-state index in [2.05, 4.69) is 26.6 Å². The highest BCUT2D eigenvalue weighted by molar-refractivity contribution is 5.92. The van der Waals surface area contributed by atoms with Gasteiger partial charge < -0.3 is 41.3 Å². The third-order valence-electron chi connectivity index (χ3n) is 10.9. The third-order valence-corrected chi connectivity index (χ3v) is 10.9. The molecule has 5 rings (SSSR count). The third kappa shape index (κ3) is 4.25. The Bertz CT molecular complexity index is 1030. The van der Waals surface area contributed by atoms with Gasteiger partial charge in [0.05, 0.1) is 24.8 Å². The van der Waals surface area contributed by atoms with Crippen molar-refractivity contribution < 1.29 is 24.9 Å². The standard InChI is InChI=1S/C29H47N5O5/c1-31-10-11-33-26(30)34-13-9-21(16-32-12-14-35)28(18-34)20-8-7-19-5-3-4-6-23(39-2)29(38)17-27(19,28)22(15-20)24(29)25(36)37/h9,13,19-21,23,31-32,35,38H,3-8,10-12,14-18H2,1-2H3,(H2,30,33)(H,36,37)/t19-,20-,21-,23+,27+,28-,29-/m1/s1. The van der Waals surface area contributed by atoms with E-state index in [0.29, 0.717) is 51.4 Å². The number of carboxylic acid groups (broad SMARTS) is 1. The molecule has 0 aromatic rings. The van der Waals surface area contributed by atoms with Gasteiger partial charge in [0.15, 0.2) is 5.96 Å². The van der Waals surface area contributed by atoms with E-state index < -0.39 is 23.1 Å². The molecule has 4 aliphatic carbocycles. The molecule has 0 aromatic carbocycles. The second-order valence-electron chi connectivity index (χ2n) is 12.3. The number of aliphatic imine (C=N–C) groups is 1. The highest BCUT2D eigenvalue weighted by Gasteiger charge is 2.76. The Hall–Kier alpha value is -1.98. The largest absolute Gasteiger partial charge is 0.478 e. The number of nitrogens with two attached hydrogens (primary N) is 1. The number of nitrogens with zero attached hydrogens (tertiary/aromatic N) is 2. The molecule has 3 saturated carbocycles. The van der Waals surface area contributed by atoms with Gasteiger partial charge in [0.2, 0.25) is 0 Å². The number of nitrogens with one attached hydrogen (secondary N) is 2. The second-order valence-corrected chi connectivity index (χ2v) is 12.3. The molecule has 218 valence electrons. The number of carboxylic acids is 1. The first-order valence-electron chi connectivity index (χ1n) is 14.7. The summed E-state index contributed by atoms with van der Waals surface area (Å²) in [5.74, 6) is 0.0933. The van der Waals surface area contributed by atoms with Crippen molar-refractivity contribution in [1.29, 1.82) is 0 Å². The van der Waals surface area contributed by atoms with Crippen LogP contribution in [-0.2, 0) is 9.53 Å². The van der Waals surface area contributed by atoms with E-state index in [1.165, 1.54) is 0 Å². The van der Waals surface area contributed by atoms with Gasteiger partial charge in [0, 0.05) is 50.3 Å². The zero-order valence-electron chi connectivity index (χ0n) is 23.5. The molecular weight excluding hydrogens is 498 g/mol. The van der Waals surface area contributed by atoms with Crippen LogP contribution in [0.25, 0.3) is 0 Å². The molecule has 39 heavy (non-hydrogen) atoms. The van der Waals surface area contributed by atoms with E-state index in [0.717, 1.165) is 44.2 Å². The first-order valence-corrected chi connectivity index (χ1v) is 14.7. The minimum Gasteiger partial charge on any atom is -0.478 e. The van der Waals surface area contributed by atoms with Crippen molar-refractivity contribution in [1.82, 2.24) is 15.5 Å². The fourth-order valence-electron chi connectivity index (χ4n) is 9.51. The lowest BCUT2D eigenvalue weighted by Crippen LogP contribution is -2.63. The molecule has 3 bridgehead atoms. The van der Waals surface area contributed by atoms with Crippen LogP contribution in [0.15, 0.2) is 28.4 Å². The number of methoxy groups -OCH3 is 1. The summed E-state index contributed by atoms with van der Waals surface area (Å²) in [5.41, 5.74) is 5.39. The maximum Gasteiger partial charge on any atom is 0.334 e. The minimum atomic E-state index is -1.53. The maximum atomic E-state index is 13.0. The quantitative estimate of drug-likeness (QED) is 0.142.